The first-order valence-corrected chi connectivity index (χ1v) is 15.2. The van der Waals surface area contributed by atoms with E-state index in [0.29, 0.717) is 23.5 Å². The highest BCUT2D eigenvalue weighted by Crippen LogP contribution is 2.35. The fraction of sp³-hybridized carbons (Fsp3) is 0.647. The SMILES string of the molecule is CCCCCCCCC[C@H]1CC[C@H](CCc2ccc(-c3ccc(CCCCC)cc3)c(F)c2F)CC1. The van der Waals surface area contributed by atoms with Crippen molar-refractivity contribution in [1.29, 1.82) is 0 Å². The van der Waals surface area contributed by atoms with E-state index in [9.17, 15) is 8.78 Å². The van der Waals surface area contributed by atoms with Gasteiger partial charge in [-0.05, 0) is 54.2 Å². The Bertz CT molecular complexity index is 861. The van der Waals surface area contributed by atoms with Crippen molar-refractivity contribution in [2.75, 3.05) is 0 Å². The molecule has 1 aliphatic carbocycles. The van der Waals surface area contributed by atoms with Crippen molar-refractivity contribution in [3.63, 3.8) is 0 Å². The minimum atomic E-state index is -0.690. The van der Waals surface area contributed by atoms with Crippen LogP contribution in [0.3, 0.4) is 0 Å². The van der Waals surface area contributed by atoms with E-state index in [1.54, 1.807) is 6.07 Å². The normalized spacial score (nSPS) is 18.0. The van der Waals surface area contributed by atoms with Gasteiger partial charge in [-0.25, -0.2) is 8.78 Å². The zero-order valence-electron chi connectivity index (χ0n) is 23.1. The monoisotopic (exact) mass is 496 g/mol. The highest BCUT2D eigenvalue weighted by atomic mass is 19.2. The van der Waals surface area contributed by atoms with E-state index in [0.717, 1.165) is 24.3 Å². The molecule has 0 radical (unpaired) electrons. The zero-order chi connectivity index (χ0) is 25.6. The maximum Gasteiger partial charge on any atom is 0.166 e. The molecule has 0 aromatic heterocycles. The first-order chi connectivity index (χ1) is 17.6. The maximum atomic E-state index is 15.0. The van der Waals surface area contributed by atoms with E-state index in [1.165, 1.54) is 102 Å². The Morgan fingerprint density at radius 2 is 1.17 bits per heavy atom. The Kier molecular flexibility index (Phi) is 13.0. The molecule has 0 nitrogen and oxygen atoms in total. The molecule has 0 N–H and O–H groups in total. The van der Waals surface area contributed by atoms with E-state index in [4.69, 9.17) is 0 Å². The van der Waals surface area contributed by atoms with Gasteiger partial charge in [0.1, 0.15) is 0 Å². The van der Waals surface area contributed by atoms with Gasteiger partial charge in [0.2, 0.25) is 0 Å². The van der Waals surface area contributed by atoms with Gasteiger partial charge >= 0.3 is 0 Å². The van der Waals surface area contributed by atoms with Crippen molar-refractivity contribution in [3.8, 4) is 11.1 Å². The van der Waals surface area contributed by atoms with Gasteiger partial charge < -0.3 is 0 Å². The molecular formula is C34H50F2. The maximum absolute atomic E-state index is 15.0. The summed E-state index contributed by atoms with van der Waals surface area (Å²) in [5, 5.41) is 0. The van der Waals surface area contributed by atoms with E-state index < -0.39 is 11.6 Å². The predicted molar refractivity (Wildman–Crippen MR) is 151 cm³/mol. The lowest BCUT2D eigenvalue weighted by molar-refractivity contribution is 0.248. The van der Waals surface area contributed by atoms with Crippen molar-refractivity contribution in [2.45, 2.75) is 129 Å². The zero-order valence-corrected chi connectivity index (χ0v) is 23.1. The summed E-state index contributed by atoms with van der Waals surface area (Å²) >= 11 is 0. The second-order valence-corrected chi connectivity index (χ2v) is 11.4. The molecule has 0 amide bonds. The number of hydrogen-bond donors (Lipinski definition) is 0. The van der Waals surface area contributed by atoms with E-state index >= 15 is 0 Å². The Morgan fingerprint density at radius 3 is 1.83 bits per heavy atom. The van der Waals surface area contributed by atoms with Crippen LogP contribution in [0.2, 0.25) is 0 Å². The molecule has 0 unspecified atom stereocenters. The molecule has 0 bridgehead atoms. The Balaban J connectivity index is 1.40. The Hall–Kier alpha value is -1.70. The second kappa shape index (κ2) is 16.2. The van der Waals surface area contributed by atoms with Gasteiger partial charge in [0.05, 0.1) is 0 Å². The van der Waals surface area contributed by atoms with Crippen LogP contribution >= 0.6 is 0 Å². The highest BCUT2D eigenvalue weighted by Gasteiger charge is 2.22. The predicted octanol–water partition coefficient (Wildman–Crippen LogP) is 11.2. The van der Waals surface area contributed by atoms with E-state index in [2.05, 4.69) is 26.0 Å². The first kappa shape index (κ1) is 28.9. The van der Waals surface area contributed by atoms with Crippen molar-refractivity contribution in [2.24, 2.45) is 11.8 Å². The molecular weight excluding hydrogens is 446 g/mol. The molecule has 200 valence electrons. The molecule has 2 heteroatoms. The van der Waals surface area contributed by atoms with Crippen LogP contribution in [0.4, 0.5) is 8.78 Å². The number of rotatable bonds is 16. The van der Waals surface area contributed by atoms with Gasteiger partial charge in [-0.15, -0.1) is 0 Å². The largest absolute Gasteiger partial charge is 0.203 e. The molecule has 0 aliphatic heterocycles. The molecule has 3 rings (SSSR count). The quantitative estimate of drug-likeness (QED) is 0.203. The molecule has 1 fully saturated rings. The van der Waals surface area contributed by atoms with Crippen LogP contribution in [0.1, 0.15) is 128 Å². The van der Waals surface area contributed by atoms with Crippen LogP contribution in [0.5, 0.6) is 0 Å². The lowest BCUT2D eigenvalue weighted by Crippen LogP contribution is -2.15. The molecule has 0 atom stereocenters. The third-order valence-corrected chi connectivity index (χ3v) is 8.50. The fourth-order valence-electron chi connectivity index (χ4n) is 5.99. The molecule has 0 spiro atoms. The molecule has 0 saturated heterocycles. The van der Waals surface area contributed by atoms with Gasteiger partial charge in [-0.2, -0.15) is 0 Å². The van der Waals surface area contributed by atoms with E-state index in [-0.39, 0.29) is 0 Å². The molecule has 2 aromatic rings. The molecule has 1 aliphatic rings. The summed E-state index contributed by atoms with van der Waals surface area (Å²) in [7, 11) is 0. The number of hydrogen-bond acceptors (Lipinski definition) is 0. The standard InChI is InChI=1S/C34H50F2/c1-3-5-7-8-9-10-12-14-27-15-17-29(18-16-27)21-24-31-25-26-32(34(36)33(31)35)30-22-19-28(20-23-30)13-11-6-4-2/h19-20,22-23,25-27,29H,3-18,21,24H2,1-2H3/t27-,29-. The van der Waals surface area contributed by atoms with Gasteiger partial charge in [0, 0.05) is 5.56 Å². The smallest absolute Gasteiger partial charge is 0.166 e. The molecule has 2 aromatic carbocycles. The second-order valence-electron chi connectivity index (χ2n) is 11.4. The van der Waals surface area contributed by atoms with Crippen molar-refractivity contribution < 1.29 is 8.78 Å². The highest BCUT2D eigenvalue weighted by molar-refractivity contribution is 5.65. The molecule has 0 heterocycles. The van der Waals surface area contributed by atoms with Crippen LogP contribution in [-0.2, 0) is 12.8 Å². The topological polar surface area (TPSA) is 0 Å². The van der Waals surface area contributed by atoms with E-state index in [1.807, 2.05) is 18.2 Å². The number of halogens is 2. The van der Waals surface area contributed by atoms with Crippen molar-refractivity contribution in [1.82, 2.24) is 0 Å². The summed E-state index contributed by atoms with van der Waals surface area (Å²) in [4.78, 5) is 0. The van der Waals surface area contributed by atoms with Crippen molar-refractivity contribution in [3.05, 3.63) is 59.2 Å². The lowest BCUT2D eigenvalue weighted by atomic mass is 9.77. The summed E-state index contributed by atoms with van der Waals surface area (Å²) in [5.41, 5.74) is 2.94. The van der Waals surface area contributed by atoms with Crippen LogP contribution in [0.15, 0.2) is 36.4 Å². The van der Waals surface area contributed by atoms with Crippen molar-refractivity contribution >= 4 is 0 Å². The first-order valence-electron chi connectivity index (χ1n) is 15.2. The van der Waals surface area contributed by atoms with Gasteiger partial charge in [-0.1, -0.05) is 140 Å². The van der Waals surface area contributed by atoms with Crippen LogP contribution in [0.25, 0.3) is 11.1 Å². The fourth-order valence-corrected chi connectivity index (χ4v) is 5.99. The summed E-state index contributed by atoms with van der Waals surface area (Å²) in [5.74, 6) is 0.220. The Labute approximate surface area is 220 Å². The minimum Gasteiger partial charge on any atom is -0.203 e. The average molecular weight is 497 g/mol. The Morgan fingerprint density at radius 1 is 0.583 bits per heavy atom. The van der Waals surface area contributed by atoms with Crippen LogP contribution in [0, 0.1) is 23.5 Å². The number of aryl methyl sites for hydroxylation is 2. The summed E-state index contributed by atoms with van der Waals surface area (Å²) in [6.45, 7) is 4.48. The van der Waals surface area contributed by atoms with Gasteiger partial charge in [-0.3, -0.25) is 0 Å². The third kappa shape index (κ3) is 9.31. The molecule has 36 heavy (non-hydrogen) atoms. The molecule has 1 saturated carbocycles. The number of unbranched alkanes of at least 4 members (excludes halogenated alkanes) is 8. The average Bonchev–Trinajstić information content (AvgIpc) is 2.90. The van der Waals surface area contributed by atoms with Gasteiger partial charge in [0.15, 0.2) is 11.6 Å². The number of benzene rings is 2. The van der Waals surface area contributed by atoms with Crippen LogP contribution in [-0.4, -0.2) is 0 Å². The summed E-state index contributed by atoms with van der Waals surface area (Å²) in [6.07, 6.45) is 22.5. The van der Waals surface area contributed by atoms with Gasteiger partial charge in [0.25, 0.3) is 0 Å². The lowest BCUT2D eigenvalue weighted by Gasteiger charge is -2.28. The summed E-state index contributed by atoms with van der Waals surface area (Å²) in [6, 6.07) is 11.6. The van der Waals surface area contributed by atoms with Crippen LogP contribution < -0.4 is 0 Å². The minimum absolute atomic E-state index is 0.377. The summed E-state index contributed by atoms with van der Waals surface area (Å²) < 4.78 is 29.9. The third-order valence-electron chi connectivity index (χ3n) is 8.50.